The molecule has 1 amide bonds. The average Bonchev–Trinajstić information content (AvgIpc) is 2.73. The largest absolute Gasteiger partial charge is 0.352 e. The summed E-state index contributed by atoms with van der Waals surface area (Å²) < 4.78 is 13.8. The van der Waals surface area contributed by atoms with Crippen LogP contribution in [0.3, 0.4) is 0 Å². The topological polar surface area (TPSA) is 65.5 Å². The predicted octanol–water partition coefficient (Wildman–Crippen LogP) is 4.71. The van der Waals surface area contributed by atoms with E-state index in [9.17, 15) is 9.18 Å². The van der Waals surface area contributed by atoms with Gasteiger partial charge in [-0.3, -0.25) is 9.79 Å². The van der Waals surface area contributed by atoms with Gasteiger partial charge in [-0.15, -0.1) is 24.0 Å². The van der Waals surface area contributed by atoms with Crippen LogP contribution in [0.5, 0.6) is 0 Å². The van der Waals surface area contributed by atoms with E-state index in [2.05, 4.69) is 20.9 Å². The first kappa shape index (κ1) is 25.9. The molecular weight excluding hydrogens is 494 g/mol. The predicted molar refractivity (Wildman–Crippen MR) is 132 cm³/mol. The number of halogens is 2. The van der Waals surface area contributed by atoms with E-state index in [1.54, 1.807) is 26.1 Å². The molecule has 5 nitrogen and oxygen atoms in total. The number of guanidine groups is 1. The van der Waals surface area contributed by atoms with Crippen LogP contribution >= 0.6 is 24.0 Å². The van der Waals surface area contributed by atoms with Crippen LogP contribution in [0.4, 0.5) is 4.39 Å². The number of nitrogens with zero attached hydrogens (tertiary/aromatic N) is 1. The highest BCUT2D eigenvalue weighted by Crippen LogP contribution is 2.16. The minimum Gasteiger partial charge on any atom is -0.352 e. The Morgan fingerprint density at radius 3 is 2.33 bits per heavy atom. The van der Waals surface area contributed by atoms with E-state index in [-0.39, 0.29) is 47.8 Å². The fraction of sp³-hybridized carbons (Fsp3) is 0.391. The molecule has 30 heavy (non-hydrogen) atoms. The normalized spacial score (nSPS) is 13.1. The number of aryl methyl sites for hydroxylation is 1. The summed E-state index contributed by atoms with van der Waals surface area (Å²) in [6.45, 7) is 8.29. The Morgan fingerprint density at radius 1 is 1.10 bits per heavy atom. The fourth-order valence-corrected chi connectivity index (χ4v) is 2.73. The van der Waals surface area contributed by atoms with Crippen molar-refractivity contribution in [1.82, 2.24) is 16.0 Å². The first-order valence-corrected chi connectivity index (χ1v) is 9.97. The van der Waals surface area contributed by atoms with E-state index >= 15 is 0 Å². The van der Waals surface area contributed by atoms with Crippen molar-refractivity contribution in [2.45, 2.75) is 52.7 Å². The standard InChI is InChI=1S/C23H31FN4O.HI/c1-6-16(3)27-22(29)19-11-8-18(9-12-19)14-26-23(25-5)28-17(4)20-10-7-15(2)21(24)13-20;/h7-13,16-17H,6,14H2,1-5H3,(H,27,29)(H2,25,26,28);1H. The van der Waals surface area contributed by atoms with Gasteiger partial charge in [0, 0.05) is 25.2 Å². The molecule has 2 rings (SSSR count). The zero-order valence-electron chi connectivity index (χ0n) is 18.3. The van der Waals surface area contributed by atoms with Gasteiger partial charge in [0.1, 0.15) is 5.82 Å². The number of rotatable bonds is 7. The lowest BCUT2D eigenvalue weighted by Gasteiger charge is -2.19. The van der Waals surface area contributed by atoms with Crippen molar-refractivity contribution in [3.63, 3.8) is 0 Å². The van der Waals surface area contributed by atoms with Crippen molar-refractivity contribution in [3.8, 4) is 0 Å². The molecule has 2 aromatic carbocycles. The number of hydrogen-bond acceptors (Lipinski definition) is 2. The molecule has 0 fully saturated rings. The summed E-state index contributed by atoms with van der Waals surface area (Å²) in [4.78, 5) is 16.4. The molecule has 0 aromatic heterocycles. The molecule has 0 bridgehead atoms. The number of carbonyl (C=O) groups is 1. The summed E-state index contributed by atoms with van der Waals surface area (Å²) in [5, 5.41) is 9.47. The molecule has 0 aliphatic heterocycles. The van der Waals surface area contributed by atoms with Crippen LogP contribution < -0.4 is 16.0 Å². The van der Waals surface area contributed by atoms with Gasteiger partial charge in [-0.25, -0.2) is 4.39 Å². The zero-order valence-corrected chi connectivity index (χ0v) is 20.6. The third kappa shape index (κ3) is 7.59. The maximum Gasteiger partial charge on any atom is 0.251 e. The molecule has 3 N–H and O–H groups in total. The van der Waals surface area contributed by atoms with Gasteiger partial charge in [-0.1, -0.05) is 31.2 Å². The molecule has 2 atom stereocenters. The highest BCUT2D eigenvalue weighted by molar-refractivity contribution is 14.0. The van der Waals surface area contributed by atoms with E-state index in [1.165, 1.54) is 0 Å². The molecule has 0 aliphatic carbocycles. The van der Waals surface area contributed by atoms with Gasteiger partial charge in [0.25, 0.3) is 5.91 Å². The van der Waals surface area contributed by atoms with Crippen molar-refractivity contribution < 1.29 is 9.18 Å². The minimum atomic E-state index is -0.212. The Bertz CT molecular complexity index is 855. The molecule has 0 spiro atoms. The number of hydrogen-bond donors (Lipinski definition) is 3. The molecule has 0 aliphatic rings. The smallest absolute Gasteiger partial charge is 0.251 e. The lowest BCUT2D eigenvalue weighted by atomic mass is 10.1. The molecule has 0 radical (unpaired) electrons. The van der Waals surface area contributed by atoms with Crippen LogP contribution in [0.25, 0.3) is 0 Å². The van der Waals surface area contributed by atoms with E-state index in [4.69, 9.17) is 0 Å². The second-order valence-corrected chi connectivity index (χ2v) is 7.28. The molecule has 0 saturated heterocycles. The second kappa shape index (κ2) is 12.5. The summed E-state index contributed by atoms with van der Waals surface area (Å²) in [5.41, 5.74) is 3.16. The lowest BCUT2D eigenvalue weighted by molar-refractivity contribution is 0.0939. The second-order valence-electron chi connectivity index (χ2n) is 7.28. The van der Waals surface area contributed by atoms with E-state index < -0.39 is 0 Å². The quantitative estimate of drug-likeness (QED) is 0.278. The van der Waals surface area contributed by atoms with Gasteiger partial charge in [-0.2, -0.15) is 0 Å². The minimum absolute atomic E-state index is 0. The van der Waals surface area contributed by atoms with Crippen molar-refractivity contribution in [3.05, 3.63) is 70.5 Å². The molecule has 7 heteroatoms. The van der Waals surface area contributed by atoms with Crippen molar-refractivity contribution in [2.24, 2.45) is 4.99 Å². The maximum atomic E-state index is 13.8. The number of aliphatic imine (C=N–C) groups is 1. The monoisotopic (exact) mass is 526 g/mol. The molecule has 0 heterocycles. The number of nitrogens with one attached hydrogen (secondary N) is 3. The van der Waals surface area contributed by atoms with Gasteiger partial charge < -0.3 is 16.0 Å². The molecule has 164 valence electrons. The van der Waals surface area contributed by atoms with Crippen molar-refractivity contribution in [1.29, 1.82) is 0 Å². The lowest BCUT2D eigenvalue weighted by Crippen LogP contribution is -2.38. The summed E-state index contributed by atoms with van der Waals surface area (Å²) in [6, 6.07) is 12.8. The van der Waals surface area contributed by atoms with E-state index in [1.807, 2.05) is 51.1 Å². The molecule has 2 aromatic rings. The van der Waals surface area contributed by atoms with Gasteiger partial charge in [0.15, 0.2) is 5.96 Å². The number of carbonyl (C=O) groups excluding carboxylic acids is 1. The van der Waals surface area contributed by atoms with E-state index in [0.717, 1.165) is 17.5 Å². The molecule has 2 unspecified atom stereocenters. The van der Waals surface area contributed by atoms with Crippen molar-refractivity contribution in [2.75, 3.05) is 7.05 Å². The van der Waals surface area contributed by atoms with Crippen molar-refractivity contribution >= 4 is 35.8 Å². The molecular formula is C23H32FIN4O. The van der Waals surface area contributed by atoms with Gasteiger partial charge in [-0.05, 0) is 62.1 Å². The third-order valence-electron chi connectivity index (χ3n) is 4.94. The van der Waals surface area contributed by atoms with Crippen LogP contribution in [0.2, 0.25) is 0 Å². The first-order chi connectivity index (χ1) is 13.8. The van der Waals surface area contributed by atoms with Crippen LogP contribution in [0.15, 0.2) is 47.5 Å². The van der Waals surface area contributed by atoms with Crippen LogP contribution in [-0.4, -0.2) is 25.0 Å². The Balaban J connectivity index is 0.00000450. The first-order valence-electron chi connectivity index (χ1n) is 9.97. The Kier molecular flexibility index (Phi) is 10.8. The third-order valence-corrected chi connectivity index (χ3v) is 4.94. The highest BCUT2D eigenvalue weighted by Gasteiger charge is 2.11. The van der Waals surface area contributed by atoms with Gasteiger partial charge >= 0.3 is 0 Å². The average molecular weight is 526 g/mol. The Morgan fingerprint density at radius 2 is 1.77 bits per heavy atom. The van der Waals surface area contributed by atoms with Crippen LogP contribution in [0, 0.1) is 12.7 Å². The summed E-state index contributed by atoms with van der Waals surface area (Å²) in [5.74, 6) is 0.351. The SMILES string of the molecule is CCC(C)NC(=O)c1ccc(CNC(=NC)NC(C)c2ccc(C)c(F)c2)cc1.I. The van der Waals surface area contributed by atoms with Gasteiger partial charge in [0.2, 0.25) is 0 Å². The summed E-state index contributed by atoms with van der Waals surface area (Å²) in [6.07, 6.45) is 0.896. The molecule has 0 saturated carbocycles. The van der Waals surface area contributed by atoms with E-state index in [0.29, 0.717) is 23.6 Å². The summed E-state index contributed by atoms with van der Waals surface area (Å²) >= 11 is 0. The Labute approximate surface area is 196 Å². The van der Waals surface area contributed by atoms with Gasteiger partial charge in [0.05, 0.1) is 6.04 Å². The van der Waals surface area contributed by atoms with Crippen LogP contribution in [-0.2, 0) is 6.54 Å². The highest BCUT2D eigenvalue weighted by atomic mass is 127. The zero-order chi connectivity index (χ0) is 21.4. The Hall–Kier alpha value is -2.16. The number of benzene rings is 2. The maximum absolute atomic E-state index is 13.8. The summed E-state index contributed by atoms with van der Waals surface area (Å²) in [7, 11) is 1.69. The fourth-order valence-electron chi connectivity index (χ4n) is 2.73. The van der Waals surface area contributed by atoms with Crippen LogP contribution in [0.1, 0.15) is 60.3 Å². The number of amides is 1.